The summed E-state index contributed by atoms with van der Waals surface area (Å²) in [4.78, 5) is 10.4. The average molecular weight is 532 g/mol. The van der Waals surface area contributed by atoms with Crippen molar-refractivity contribution in [2.75, 3.05) is 19.6 Å². The van der Waals surface area contributed by atoms with Crippen molar-refractivity contribution < 1.29 is 4.52 Å². The quantitative estimate of drug-likeness (QED) is 0.256. The van der Waals surface area contributed by atoms with E-state index < -0.39 is 0 Å². The first-order chi connectivity index (χ1) is 13.2. The number of benzene rings is 1. The summed E-state index contributed by atoms with van der Waals surface area (Å²) in [5.41, 5.74) is 0.842. The van der Waals surface area contributed by atoms with Crippen molar-refractivity contribution in [1.29, 1.82) is 0 Å². The highest BCUT2D eigenvalue weighted by molar-refractivity contribution is 14.0. The fraction of sp³-hybridized carbons (Fsp3) is 0.316. The predicted octanol–water partition coefficient (Wildman–Crippen LogP) is 4.41. The van der Waals surface area contributed by atoms with E-state index in [0.29, 0.717) is 29.7 Å². The summed E-state index contributed by atoms with van der Waals surface area (Å²) < 4.78 is 5.33. The van der Waals surface area contributed by atoms with Gasteiger partial charge in [-0.15, -0.1) is 35.3 Å². The molecule has 0 radical (unpaired) electrons. The van der Waals surface area contributed by atoms with Crippen LogP contribution in [0.1, 0.15) is 17.7 Å². The van der Waals surface area contributed by atoms with Gasteiger partial charge in [0.1, 0.15) is 0 Å². The van der Waals surface area contributed by atoms with Crippen LogP contribution in [0, 0.1) is 0 Å². The number of hydrogen-bond donors (Lipinski definition) is 2. The van der Waals surface area contributed by atoms with Crippen molar-refractivity contribution in [2.45, 2.75) is 19.8 Å². The Morgan fingerprint density at radius 3 is 2.86 bits per heavy atom. The van der Waals surface area contributed by atoms with Crippen LogP contribution in [-0.2, 0) is 12.8 Å². The number of aliphatic imine (C=N–C) groups is 1. The van der Waals surface area contributed by atoms with E-state index in [0.717, 1.165) is 31.0 Å². The molecule has 0 atom stereocenters. The SMILES string of the molecule is CCNC(=NCCc1cccs1)NCCc1nc(-c2cccc(Cl)c2)no1.I. The second-order valence-electron chi connectivity index (χ2n) is 5.79. The molecule has 0 aliphatic carbocycles. The Balaban J connectivity index is 0.00000280. The molecule has 3 aromatic rings. The van der Waals surface area contributed by atoms with E-state index in [2.05, 4.69) is 43.3 Å². The molecule has 0 fully saturated rings. The van der Waals surface area contributed by atoms with Crippen molar-refractivity contribution in [1.82, 2.24) is 20.8 Å². The molecule has 0 bridgehead atoms. The maximum atomic E-state index is 6.01. The molecular weight excluding hydrogens is 509 g/mol. The van der Waals surface area contributed by atoms with Crippen LogP contribution >= 0.6 is 46.9 Å². The van der Waals surface area contributed by atoms with Gasteiger partial charge in [0, 0.05) is 47.9 Å². The molecule has 9 heteroatoms. The summed E-state index contributed by atoms with van der Waals surface area (Å²) in [5.74, 6) is 1.92. The van der Waals surface area contributed by atoms with Gasteiger partial charge in [0.2, 0.25) is 11.7 Å². The van der Waals surface area contributed by atoms with E-state index in [9.17, 15) is 0 Å². The molecule has 0 unspecified atom stereocenters. The van der Waals surface area contributed by atoms with Crippen LogP contribution in [0.4, 0.5) is 0 Å². The van der Waals surface area contributed by atoms with Crippen molar-refractivity contribution in [3.05, 3.63) is 57.6 Å². The van der Waals surface area contributed by atoms with Gasteiger partial charge in [-0.05, 0) is 30.5 Å². The van der Waals surface area contributed by atoms with Crippen molar-refractivity contribution in [3.8, 4) is 11.4 Å². The molecule has 0 spiro atoms. The minimum Gasteiger partial charge on any atom is -0.357 e. The first-order valence-electron chi connectivity index (χ1n) is 8.87. The topological polar surface area (TPSA) is 75.3 Å². The second-order valence-corrected chi connectivity index (χ2v) is 7.26. The third-order valence-electron chi connectivity index (χ3n) is 3.73. The molecule has 28 heavy (non-hydrogen) atoms. The van der Waals surface area contributed by atoms with E-state index in [1.54, 1.807) is 11.3 Å². The van der Waals surface area contributed by atoms with Gasteiger partial charge in [0.25, 0.3) is 0 Å². The first-order valence-corrected chi connectivity index (χ1v) is 10.1. The lowest BCUT2D eigenvalue weighted by Gasteiger charge is -2.10. The number of nitrogens with one attached hydrogen (secondary N) is 2. The normalized spacial score (nSPS) is 11.1. The smallest absolute Gasteiger partial charge is 0.228 e. The van der Waals surface area contributed by atoms with E-state index in [1.807, 2.05) is 31.2 Å². The van der Waals surface area contributed by atoms with Crippen LogP contribution in [0.15, 0.2) is 51.3 Å². The minimum absolute atomic E-state index is 0. The number of rotatable bonds is 8. The Hall–Kier alpha value is -1.65. The van der Waals surface area contributed by atoms with Crippen molar-refractivity contribution >= 4 is 52.9 Å². The fourth-order valence-corrected chi connectivity index (χ4v) is 3.35. The van der Waals surface area contributed by atoms with Crippen molar-refractivity contribution in [2.24, 2.45) is 4.99 Å². The molecule has 3 rings (SSSR count). The maximum Gasteiger partial charge on any atom is 0.228 e. The molecule has 2 heterocycles. The Kier molecular flexibility index (Phi) is 9.72. The molecule has 6 nitrogen and oxygen atoms in total. The molecule has 0 aliphatic rings. The highest BCUT2D eigenvalue weighted by Crippen LogP contribution is 2.19. The van der Waals surface area contributed by atoms with Crippen LogP contribution in [0.3, 0.4) is 0 Å². The third kappa shape index (κ3) is 7.06. The first kappa shape index (κ1) is 22.6. The minimum atomic E-state index is 0. The number of thiophene rings is 1. The Morgan fingerprint density at radius 2 is 2.11 bits per heavy atom. The summed E-state index contributed by atoms with van der Waals surface area (Å²) in [6, 6.07) is 11.6. The van der Waals surface area contributed by atoms with Gasteiger partial charge in [-0.3, -0.25) is 4.99 Å². The van der Waals surface area contributed by atoms with Gasteiger partial charge in [-0.25, -0.2) is 0 Å². The maximum absolute atomic E-state index is 6.01. The van der Waals surface area contributed by atoms with Gasteiger partial charge in [0.05, 0.1) is 0 Å². The molecule has 0 amide bonds. The van der Waals surface area contributed by atoms with Gasteiger partial charge in [0.15, 0.2) is 5.96 Å². The van der Waals surface area contributed by atoms with Gasteiger partial charge in [-0.1, -0.05) is 35.0 Å². The van der Waals surface area contributed by atoms with Gasteiger partial charge in [-0.2, -0.15) is 4.98 Å². The lowest BCUT2D eigenvalue weighted by atomic mass is 10.2. The summed E-state index contributed by atoms with van der Waals surface area (Å²) in [6.07, 6.45) is 1.56. The monoisotopic (exact) mass is 531 g/mol. The summed E-state index contributed by atoms with van der Waals surface area (Å²) in [7, 11) is 0. The number of halogens is 2. The number of hydrogen-bond acceptors (Lipinski definition) is 5. The molecule has 1 aromatic carbocycles. The van der Waals surface area contributed by atoms with Gasteiger partial charge < -0.3 is 15.2 Å². The number of guanidine groups is 1. The molecule has 2 N–H and O–H groups in total. The van der Waals surface area contributed by atoms with Crippen LogP contribution in [0.25, 0.3) is 11.4 Å². The highest BCUT2D eigenvalue weighted by Gasteiger charge is 2.09. The highest BCUT2D eigenvalue weighted by atomic mass is 127. The zero-order valence-electron chi connectivity index (χ0n) is 15.5. The van der Waals surface area contributed by atoms with Gasteiger partial charge >= 0.3 is 0 Å². The Labute approximate surface area is 190 Å². The van der Waals surface area contributed by atoms with E-state index in [1.165, 1.54) is 4.88 Å². The zero-order valence-corrected chi connectivity index (χ0v) is 19.4. The second kappa shape index (κ2) is 12.0. The van der Waals surface area contributed by atoms with Crippen LogP contribution in [0.5, 0.6) is 0 Å². The van der Waals surface area contributed by atoms with Crippen LogP contribution in [0.2, 0.25) is 5.02 Å². The third-order valence-corrected chi connectivity index (χ3v) is 4.91. The Morgan fingerprint density at radius 1 is 1.21 bits per heavy atom. The van der Waals surface area contributed by atoms with E-state index >= 15 is 0 Å². The predicted molar refractivity (Wildman–Crippen MR) is 126 cm³/mol. The summed E-state index contributed by atoms with van der Waals surface area (Å²) >= 11 is 7.77. The number of nitrogens with zero attached hydrogens (tertiary/aromatic N) is 3. The standard InChI is InChI=1S/C19H22ClN5OS.HI/c1-2-21-19(22-10-8-16-7-4-12-27-16)23-11-9-17-24-18(25-26-17)14-5-3-6-15(20)13-14;/h3-7,12-13H,2,8-11H2,1H3,(H2,21,22,23);1H. The lowest BCUT2D eigenvalue weighted by Crippen LogP contribution is -2.38. The van der Waals surface area contributed by atoms with Crippen LogP contribution < -0.4 is 10.6 Å². The van der Waals surface area contributed by atoms with Crippen LogP contribution in [-0.4, -0.2) is 35.7 Å². The van der Waals surface area contributed by atoms with E-state index in [-0.39, 0.29) is 24.0 Å². The largest absolute Gasteiger partial charge is 0.357 e. The molecular formula is C19H23ClIN5OS. The molecule has 0 aliphatic heterocycles. The number of aromatic nitrogens is 2. The lowest BCUT2D eigenvalue weighted by molar-refractivity contribution is 0.378. The van der Waals surface area contributed by atoms with Crippen molar-refractivity contribution in [3.63, 3.8) is 0 Å². The molecule has 0 saturated heterocycles. The fourth-order valence-electron chi connectivity index (χ4n) is 2.46. The zero-order chi connectivity index (χ0) is 18.9. The molecule has 150 valence electrons. The average Bonchev–Trinajstić information content (AvgIpc) is 3.34. The molecule has 2 aromatic heterocycles. The molecule has 0 saturated carbocycles. The summed E-state index contributed by atoms with van der Waals surface area (Å²) in [6.45, 7) is 4.26. The van der Waals surface area contributed by atoms with E-state index in [4.69, 9.17) is 16.1 Å². The Bertz CT molecular complexity index is 869. The summed E-state index contributed by atoms with van der Waals surface area (Å²) in [5, 5.41) is 13.3.